The minimum Gasteiger partial charge on any atom is -0.352 e. The first-order valence-electron chi connectivity index (χ1n) is 11.4. The van der Waals surface area contributed by atoms with Crippen LogP contribution in [0.5, 0.6) is 0 Å². The number of nitrogens with one attached hydrogen (secondary N) is 1. The number of halogens is 2. The molecule has 1 heterocycles. The third-order valence-corrected chi connectivity index (χ3v) is 7.42. The number of rotatable bonds is 5. The zero-order valence-corrected chi connectivity index (χ0v) is 19.9. The topological polar surface area (TPSA) is 58.4 Å². The minimum atomic E-state index is 0. The van der Waals surface area contributed by atoms with Crippen molar-refractivity contribution < 1.29 is 4.79 Å². The molecule has 30 heavy (non-hydrogen) atoms. The number of hydrogen-bond donors (Lipinski definition) is 2. The Bertz CT molecular complexity index is 655. The first-order chi connectivity index (χ1) is 13.6. The maximum Gasteiger partial charge on any atom is 0.223 e. The summed E-state index contributed by atoms with van der Waals surface area (Å²) in [5, 5.41) is 3.19. The Kier molecular flexibility index (Phi) is 9.93. The monoisotopic (exact) mass is 455 g/mol. The van der Waals surface area contributed by atoms with Gasteiger partial charge in [-0.25, -0.2) is 0 Å². The smallest absolute Gasteiger partial charge is 0.223 e. The molecule has 1 aromatic rings. The molecule has 4 nitrogen and oxygen atoms in total. The summed E-state index contributed by atoms with van der Waals surface area (Å²) in [5.74, 6) is 2.32. The van der Waals surface area contributed by atoms with Gasteiger partial charge in [-0.3, -0.25) is 9.69 Å². The van der Waals surface area contributed by atoms with Crippen LogP contribution in [0.2, 0.25) is 0 Å². The van der Waals surface area contributed by atoms with Gasteiger partial charge in [-0.1, -0.05) is 37.6 Å². The van der Waals surface area contributed by atoms with Crippen molar-refractivity contribution in [2.45, 2.75) is 71.0 Å². The lowest BCUT2D eigenvalue weighted by Crippen LogP contribution is -2.49. The zero-order chi connectivity index (χ0) is 19.5. The SMILES string of the molecule is CC1CCCN(Cc2ccc(CNC(=O)C3CC4CCCC(C3)C4N)cc2)C1.Cl.Cl. The number of nitrogens with two attached hydrogens (primary N) is 1. The molecule has 0 aromatic heterocycles. The van der Waals surface area contributed by atoms with Crippen LogP contribution in [0.4, 0.5) is 0 Å². The standard InChI is InChI=1S/C24H37N3O.2ClH/c1-17-4-3-11-27(15-17)16-19-9-7-18(8-10-19)14-26-24(28)22-12-20-5-2-6-21(13-22)23(20)25;;/h7-10,17,20-23H,2-6,11-16,25H2,1H3,(H,26,28);2*1H. The molecule has 1 amide bonds. The van der Waals surface area contributed by atoms with Gasteiger partial charge in [0.15, 0.2) is 0 Å². The second-order valence-corrected chi connectivity index (χ2v) is 9.71. The van der Waals surface area contributed by atoms with Crippen LogP contribution in [-0.2, 0) is 17.9 Å². The summed E-state index contributed by atoms with van der Waals surface area (Å²) in [6, 6.07) is 9.13. The fraction of sp³-hybridized carbons (Fsp3) is 0.708. The van der Waals surface area contributed by atoms with Gasteiger partial charge in [0.05, 0.1) is 0 Å². The molecule has 2 bridgehead atoms. The number of hydrogen-bond acceptors (Lipinski definition) is 3. The number of piperidine rings is 1. The molecule has 4 rings (SSSR count). The Balaban J connectivity index is 0.00000160. The van der Waals surface area contributed by atoms with Crippen LogP contribution in [0.1, 0.15) is 63.0 Å². The molecule has 1 aliphatic heterocycles. The van der Waals surface area contributed by atoms with E-state index in [1.54, 1.807) is 0 Å². The summed E-state index contributed by atoms with van der Waals surface area (Å²) in [4.78, 5) is 15.3. The van der Waals surface area contributed by atoms with Crippen molar-refractivity contribution in [1.82, 2.24) is 10.2 Å². The van der Waals surface area contributed by atoms with Crippen LogP contribution >= 0.6 is 24.8 Å². The lowest BCUT2D eigenvalue weighted by atomic mass is 9.65. The lowest BCUT2D eigenvalue weighted by molar-refractivity contribution is -0.128. The van der Waals surface area contributed by atoms with Gasteiger partial charge in [0.25, 0.3) is 0 Å². The molecular weight excluding hydrogens is 417 g/mol. The normalized spacial score (nSPS) is 31.2. The molecule has 1 saturated heterocycles. The molecule has 0 radical (unpaired) electrons. The quantitative estimate of drug-likeness (QED) is 0.685. The molecule has 3 N–H and O–H groups in total. The minimum absolute atomic E-state index is 0. The van der Waals surface area contributed by atoms with Crippen molar-refractivity contribution in [1.29, 1.82) is 0 Å². The highest BCUT2D eigenvalue weighted by molar-refractivity contribution is 5.85. The van der Waals surface area contributed by atoms with Crippen molar-refractivity contribution in [2.24, 2.45) is 29.4 Å². The van der Waals surface area contributed by atoms with Gasteiger partial charge in [-0.05, 0) is 74.0 Å². The molecule has 6 heteroatoms. The number of carbonyl (C=O) groups excluding carboxylic acids is 1. The molecule has 170 valence electrons. The molecule has 0 spiro atoms. The van der Waals surface area contributed by atoms with E-state index in [9.17, 15) is 4.79 Å². The van der Waals surface area contributed by atoms with E-state index < -0.39 is 0 Å². The summed E-state index contributed by atoms with van der Waals surface area (Å²) in [5.41, 5.74) is 8.93. The van der Waals surface area contributed by atoms with E-state index >= 15 is 0 Å². The van der Waals surface area contributed by atoms with Crippen LogP contribution in [0.15, 0.2) is 24.3 Å². The first-order valence-corrected chi connectivity index (χ1v) is 11.4. The Labute approximate surface area is 194 Å². The van der Waals surface area contributed by atoms with Crippen molar-refractivity contribution in [3.8, 4) is 0 Å². The van der Waals surface area contributed by atoms with Crippen LogP contribution in [0.25, 0.3) is 0 Å². The lowest BCUT2D eigenvalue weighted by Gasteiger charge is -2.43. The Morgan fingerprint density at radius 2 is 1.67 bits per heavy atom. The van der Waals surface area contributed by atoms with Crippen molar-refractivity contribution >= 4 is 30.7 Å². The van der Waals surface area contributed by atoms with E-state index in [2.05, 4.69) is 41.4 Å². The van der Waals surface area contributed by atoms with Gasteiger partial charge in [-0.2, -0.15) is 0 Å². The number of likely N-dealkylation sites (tertiary alicyclic amines) is 1. The maximum absolute atomic E-state index is 12.7. The highest BCUT2D eigenvalue weighted by Crippen LogP contribution is 2.41. The Morgan fingerprint density at radius 3 is 2.30 bits per heavy atom. The largest absolute Gasteiger partial charge is 0.352 e. The van der Waals surface area contributed by atoms with Gasteiger partial charge in [0.1, 0.15) is 0 Å². The van der Waals surface area contributed by atoms with Gasteiger partial charge in [0, 0.05) is 31.6 Å². The fourth-order valence-electron chi connectivity index (χ4n) is 5.79. The van der Waals surface area contributed by atoms with E-state index in [4.69, 9.17) is 5.73 Å². The highest BCUT2D eigenvalue weighted by atomic mass is 35.5. The average molecular weight is 457 g/mol. The van der Waals surface area contributed by atoms with Crippen LogP contribution in [0, 0.1) is 23.7 Å². The predicted octanol–water partition coefficient (Wildman–Crippen LogP) is 4.53. The molecule has 3 aliphatic rings. The summed E-state index contributed by atoms with van der Waals surface area (Å²) in [7, 11) is 0. The van der Waals surface area contributed by atoms with Gasteiger partial charge < -0.3 is 11.1 Å². The predicted molar refractivity (Wildman–Crippen MR) is 128 cm³/mol. The number of nitrogens with zero attached hydrogens (tertiary/aromatic N) is 1. The highest BCUT2D eigenvalue weighted by Gasteiger charge is 2.40. The summed E-state index contributed by atoms with van der Waals surface area (Å²) < 4.78 is 0. The number of amides is 1. The van der Waals surface area contributed by atoms with E-state index in [-0.39, 0.29) is 36.6 Å². The summed E-state index contributed by atoms with van der Waals surface area (Å²) in [6.45, 7) is 6.46. The van der Waals surface area contributed by atoms with Crippen LogP contribution < -0.4 is 11.1 Å². The molecule has 3 unspecified atom stereocenters. The first kappa shape index (κ1) is 25.5. The van der Waals surface area contributed by atoms with Crippen LogP contribution in [-0.4, -0.2) is 29.9 Å². The zero-order valence-electron chi connectivity index (χ0n) is 18.2. The molecule has 3 atom stereocenters. The molecule has 2 saturated carbocycles. The second-order valence-electron chi connectivity index (χ2n) is 9.71. The van der Waals surface area contributed by atoms with E-state index in [1.807, 2.05) is 0 Å². The Morgan fingerprint density at radius 1 is 1.03 bits per heavy atom. The van der Waals surface area contributed by atoms with E-state index in [1.165, 1.54) is 56.3 Å². The summed E-state index contributed by atoms with van der Waals surface area (Å²) >= 11 is 0. The summed E-state index contributed by atoms with van der Waals surface area (Å²) in [6.07, 6.45) is 8.35. The van der Waals surface area contributed by atoms with Crippen molar-refractivity contribution in [3.63, 3.8) is 0 Å². The third-order valence-electron chi connectivity index (χ3n) is 7.42. The second kappa shape index (κ2) is 11.7. The van der Waals surface area contributed by atoms with Gasteiger partial charge in [-0.15, -0.1) is 24.8 Å². The maximum atomic E-state index is 12.7. The third kappa shape index (κ3) is 6.35. The number of benzene rings is 1. The van der Waals surface area contributed by atoms with E-state index in [0.29, 0.717) is 24.4 Å². The van der Waals surface area contributed by atoms with Gasteiger partial charge in [0.2, 0.25) is 5.91 Å². The fourth-order valence-corrected chi connectivity index (χ4v) is 5.79. The number of carbonyl (C=O) groups is 1. The average Bonchev–Trinajstić information content (AvgIpc) is 2.67. The molecular formula is C24H39Cl2N3O. The Hall–Kier alpha value is -0.810. The molecule has 3 fully saturated rings. The van der Waals surface area contributed by atoms with Crippen molar-refractivity contribution in [2.75, 3.05) is 13.1 Å². The van der Waals surface area contributed by atoms with Crippen LogP contribution in [0.3, 0.4) is 0 Å². The van der Waals surface area contributed by atoms with E-state index in [0.717, 1.165) is 25.3 Å². The molecule has 2 aliphatic carbocycles. The van der Waals surface area contributed by atoms with Crippen molar-refractivity contribution in [3.05, 3.63) is 35.4 Å². The van der Waals surface area contributed by atoms with Gasteiger partial charge >= 0.3 is 0 Å². The number of fused-ring (bicyclic) bond motifs is 2. The molecule has 1 aromatic carbocycles.